The van der Waals surface area contributed by atoms with Gasteiger partial charge in [-0.05, 0) is 55.7 Å². The van der Waals surface area contributed by atoms with Gasteiger partial charge in [-0.1, -0.05) is 23.4 Å². The molecule has 0 N–H and O–H groups in total. The molecule has 1 aliphatic carbocycles. The summed E-state index contributed by atoms with van der Waals surface area (Å²) < 4.78 is 15.2. The summed E-state index contributed by atoms with van der Waals surface area (Å²) in [5.74, 6) is -1.79. The fourth-order valence-electron chi connectivity index (χ4n) is 3.35. The van der Waals surface area contributed by atoms with E-state index in [0.717, 1.165) is 11.8 Å². The zero-order valence-electron chi connectivity index (χ0n) is 15.7. The van der Waals surface area contributed by atoms with Crippen molar-refractivity contribution in [3.63, 3.8) is 0 Å². The summed E-state index contributed by atoms with van der Waals surface area (Å²) in [5.41, 5.74) is -1.01. The predicted octanol–water partition coefficient (Wildman–Crippen LogP) is 3.69. The van der Waals surface area contributed by atoms with Crippen LogP contribution in [0, 0.1) is 11.3 Å². The van der Waals surface area contributed by atoms with Crippen LogP contribution in [0.25, 0.3) is 0 Å². The molecule has 1 saturated carbocycles. The zero-order valence-corrected chi connectivity index (χ0v) is 18.1. The fourth-order valence-corrected chi connectivity index (χ4v) is 5.17. The third-order valence-electron chi connectivity index (χ3n) is 4.70. The minimum absolute atomic E-state index is 0.113. The van der Waals surface area contributed by atoms with Gasteiger partial charge in [0.25, 0.3) is 0 Å². The first-order chi connectivity index (χ1) is 13.3. The van der Waals surface area contributed by atoms with Crippen molar-refractivity contribution >= 4 is 57.7 Å². The number of thioether (sulfide) groups is 1. The van der Waals surface area contributed by atoms with Crippen LogP contribution >= 0.6 is 35.6 Å². The number of hydrogen-bond acceptors (Lipinski definition) is 8. The number of carbonyl (C=O) groups is 3. The van der Waals surface area contributed by atoms with Gasteiger partial charge in [0.1, 0.15) is 0 Å². The molecule has 0 heterocycles. The SMILES string of the molecule is CCOC(=S)S[C@H]1[C@H](CC(=O)c2ccc(Cl)cc2)CC1(C(=O)OC)C(=O)OC. The molecule has 28 heavy (non-hydrogen) atoms. The quantitative estimate of drug-likeness (QED) is 0.272. The van der Waals surface area contributed by atoms with Crippen molar-refractivity contribution in [3.05, 3.63) is 34.9 Å². The van der Waals surface area contributed by atoms with Gasteiger partial charge in [-0.2, -0.15) is 0 Å². The highest BCUT2D eigenvalue weighted by molar-refractivity contribution is 8.23. The van der Waals surface area contributed by atoms with Gasteiger partial charge in [0.2, 0.25) is 4.38 Å². The minimum Gasteiger partial charge on any atom is -0.479 e. The molecule has 0 spiro atoms. The Morgan fingerprint density at radius 3 is 2.25 bits per heavy atom. The fraction of sp³-hybridized carbons (Fsp3) is 0.474. The summed E-state index contributed by atoms with van der Waals surface area (Å²) in [6, 6.07) is 6.56. The number of methoxy groups -OCH3 is 2. The number of esters is 2. The molecule has 0 aliphatic heterocycles. The second-order valence-corrected chi connectivity index (χ2v) is 8.45. The second-order valence-electron chi connectivity index (χ2n) is 6.27. The van der Waals surface area contributed by atoms with Crippen molar-refractivity contribution in [2.24, 2.45) is 11.3 Å². The molecule has 152 valence electrons. The van der Waals surface area contributed by atoms with Crippen molar-refractivity contribution in [3.8, 4) is 0 Å². The van der Waals surface area contributed by atoms with Crippen molar-refractivity contribution in [1.82, 2.24) is 0 Å². The normalized spacial score (nSPS) is 19.9. The van der Waals surface area contributed by atoms with Gasteiger partial charge in [0.05, 0.1) is 20.8 Å². The van der Waals surface area contributed by atoms with Crippen molar-refractivity contribution in [2.45, 2.75) is 25.0 Å². The van der Waals surface area contributed by atoms with E-state index in [-0.39, 0.29) is 28.9 Å². The predicted molar refractivity (Wildman–Crippen MR) is 111 cm³/mol. The molecular weight excluding hydrogens is 424 g/mol. The van der Waals surface area contributed by atoms with Gasteiger partial charge in [0, 0.05) is 22.3 Å². The first kappa shape index (κ1) is 22.6. The molecule has 1 fully saturated rings. The highest BCUT2D eigenvalue weighted by atomic mass is 35.5. The van der Waals surface area contributed by atoms with E-state index < -0.39 is 22.6 Å². The van der Waals surface area contributed by atoms with Crippen molar-refractivity contribution < 1.29 is 28.6 Å². The van der Waals surface area contributed by atoms with Crippen LogP contribution in [0.1, 0.15) is 30.1 Å². The number of carbonyl (C=O) groups excluding carboxylic acids is 3. The molecule has 0 amide bonds. The number of hydrogen-bond donors (Lipinski definition) is 0. The molecule has 6 nitrogen and oxygen atoms in total. The second kappa shape index (κ2) is 9.71. The molecule has 0 unspecified atom stereocenters. The van der Waals surface area contributed by atoms with Gasteiger partial charge in [-0.3, -0.25) is 14.4 Å². The topological polar surface area (TPSA) is 78.9 Å². The summed E-state index contributed by atoms with van der Waals surface area (Å²) in [6.45, 7) is 2.14. The summed E-state index contributed by atoms with van der Waals surface area (Å²) in [4.78, 5) is 37.6. The number of rotatable bonds is 7. The number of thiocarbonyl (C=S) groups is 1. The molecule has 1 aromatic carbocycles. The van der Waals surface area contributed by atoms with E-state index in [2.05, 4.69) is 0 Å². The molecule has 0 aromatic heterocycles. The van der Waals surface area contributed by atoms with Crippen LogP contribution in [-0.4, -0.2) is 48.2 Å². The Kier molecular flexibility index (Phi) is 7.86. The Balaban J connectivity index is 2.26. The summed E-state index contributed by atoms with van der Waals surface area (Å²) in [5, 5.41) is -0.0891. The monoisotopic (exact) mass is 444 g/mol. The Morgan fingerprint density at radius 1 is 1.18 bits per heavy atom. The third-order valence-corrected chi connectivity index (χ3v) is 6.71. The molecule has 2 rings (SSSR count). The van der Waals surface area contributed by atoms with Crippen LogP contribution in [-0.2, 0) is 23.8 Å². The molecule has 0 saturated heterocycles. The lowest BCUT2D eigenvalue weighted by Crippen LogP contribution is -2.61. The molecular formula is C19H21ClO6S2. The number of ketones is 1. The maximum atomic E-state index is 12.7. The van der Waals surface area contributed by atoms with Gasteiger partial charge in [-0.15, -0.1) is 0 Å². The lowest BCUT2D eigenvalue weighted by atomic mass is 9.59. The molecule has 2 atom stereocenters. The maximum Gasteiger partial charge on any atom is 0.324 e. The molecule has 9 heteroatoms. The van der Waals surface area contributed by atoms with Gasteiger partial charge < -0.3 is 14.2 Å². The van der Waals surface area contributed by atoms with Crippen molar-refractivity contribution in [1.29, 1.82) is 0 Å². The Hall–Kier alpha value is -1.64. The largest absolute Gasteiger partial charge is 0.479 e. The van der Waals surface area contributed by atoms with Crippen LogP contribution in [0.2, 0.25) is 5.02 Å². The Morgan fingerprint density at radius 2 is 1.75 bits per heavy atom. The van der Waals surface area contributed by atoms with Crippen LogP contribution in [0.3, 0.4) is 0 Å². The zero-order chi connectivity index (χ0) is 20.9. The molecule has 1 aromatic rings. The average molecular weight is 445 g/mol. The third kappa shape index (κ3) is 4.50. The first-order valence-electron chi connectivity index (χ1n) is 8.59. The molecule has 0 radical (unpaired) electrons. The lowest BCUT2D eigenvalue weighted by Gasteiger charge is -2.49. The van der Waals surface area contributed by atoms with Gasteiger partial charge in [0.15, 0.2) is 11.2 Å². The average Bonchev–Trinajstić information content (AvgIpc) is 2.68. The van der Waals surface area contributed by atoms with Crippen LogP contribution in [0.5, 0.6) is 0 Å². The van der Waals surface area contributed by atoms with E-state index >= 15 is 0 Å². The van der Waals surface area contributed by atoms with Gasteiger partial charge >= 0.3 is 11.9 Å². The number of ether oxygens (including phenoxy) is 3. The van der Waals surface area contributed by atoms with E-state index in [1.54, 1.807) is 31.2 Å². The minimum atomic E-state index is -1.51. The lowest BCUT2D eigenvalue weighted by molar-refractivity contribution is -0.178. The summed E-state index contributed by atoms with van der Waals surface area (Å²) >= 11 is 12.1. The highest BCUT2D eigenvalue weighted by Gasteiger charge is 2.66. The number of halogens is 1. The van der Waals surface area contributed by atoms with Crippen LogP contribution in [0.15, 0.2) is 24.3 Å². The van der Waals surface area contributed by atoms with Crippen LogP contribution in [0.4, 0.5) is 0 Å². The van der Waals surface area contributed by atoms with E-state index in [9.17, 15) is 14.4 Å². The first-order valence-corrected chi connectivity index (χ1v) is 10.3. The Labute approximate surface area is 178 Å². The number of Topliss-reactive ketones (excluding diaryl/α,β-unsaturated/α-hetero) is 1. The van der Waals surface area contributed by atoms with E-state index in [1.807, 2.05) is 0 Å². The van der Waals surface area contributed by atoms with E-state index in [1.165, 1.54) is 14.2 Å². The van der Waals surface area contributed by atoms with Gasteiger partial charge in [-0.25, -0.2) is 0 Å². The number of benzene rings is 1. The standard InChI is InChI=1S/C19H21ClO6S2/c1-4-26-18(27)28-15-12(9-14(21)11-5-7-13(20)8-6-11)10-19(15,16(22)24-2)17(23)25-3/h5-8,12,15H,4,9-10H2,1-3H3/t12-,15+/m1/s1. The highest BCUT2D eigenvalue weighted by Crippen LogP contribution is 2.56. The molecule has 0 bridgehead atoms. The molecule has 1 aliphatic rings. The maximum absolute atomic E-state index is 12.7. The van der Waals surface area contributed by atoms with E-state index in [0.29, 0.717) is 17.2 Å². The smallest absolute Gasteiger partial charge is 0.324 e. The summed E-state index contributed by atoms with van der Waals surface area (Å²) in [6.07, 6.45) is 0.280. The Bertz CT molecular complexity index is 748. The summed E-state index contributed by atoms with van der Waals surface area (Å²) in [7, 11) is 2.42. The van der Waals surface area contributed by atoms with Crippen molar-refractivity contribution in [2.75, 3.05) is 20.8 Å². The van der Waals surface area contributed by atoms with E-state index in [4.69, 9.17) is 38.0 Å². The van der Waals surface area contributed by atoms with Crippen LogP contribution < -0.4 is 0 Å².